The maximum absolute atomic E-state index is 12.0. The lowest BCUT2D eigenvalue weighted by molar-refractivity contribution is -0.385. The number of esters is 1. The van der Waals surface area contributed by atoms with Crippen LogP contribution in [-0.2, 0) is 9.53 Å². The molecule has 0 radical (unpaired) electrons. The molecule has 0 saturated carbocycles. The summed E-state index contributed by atoms with van der Waals surface area (Å²) in [6.45, 7) is -0.550. The van der Waals surface area contributed by atoms with E-state index in [1.165, 1.54) is 24.3 Å². The number of anilines is 1. The fourth-order valence-electron chi connectivity index (χ4n) is 2.59. The molecular weight excluding hydrogens is 360 g/mol. The van der Waals surface area contributed by atoms with Crippen LogP contribution in [0, 0.1) is 10.1 Å². The predicted molar refractivity (Wildman–Crippen MR) is 104 cm³/mol. The second kappa shape index (κ2) is 8.59. The summed E-state index contributed by atoms with van der Waals surface area (Å²) < 4.78 is 4.89. The summed E-state index contributed by atoms with van der Waals surface area (Å²) in [6, 6.07) is 22.4. The van der Waals surface area contributed by atoms with Gasteiger partial charge in [0, 0.05) is 11.8 Å². The molecule has 28 heavy (non-hydrogen) atoms. The van der Waals surface area contributed by atoms with Crippen molar-refractivity contribution in [1.29, 1.82) is 0 Å². The van der Waals surface area contributed by atoms with Gasteiger partial charge in [0.15, 0.2) is 6.61 Å². The van der Waals surface area contributed by atoms with Crippen molar-refractivity contribution >= 4 is 23.3 Å². The number of nitro groups is 1. The molecule has 0 aliphatic heterocycles. The summed E-state index contributed by atoms with van der Waals surface area (Å²) in [4.78, 5) is 34.3. The number of para-hydroxylation sites is 1. The standard InChI is InChI=1S/C21H16N2O5/c24-20(14-28-21(25)18-8-4-5-9-19(18)23(26)27)22-17-12-10-16(11-13-17)15-6-2-1-3-7-15/h1-13H,14H2,(H,22,24). The van der Waals surface area contributed by atoms with Crippen molar-refractivity contribution in [2.45, 2.75) is 0 Å². The predicted octanol–water partition coefficient (Wildman–Crippen LogP) is 4.06. The molecule has 0 aliphatic rings. The minimum absolute atomic E-state index is 0.201. The molecule has 0 atom stereocenters. The van der Waals surface area contributed by atoms with E-state index < -0.39 is 23.4 Å². The minimum atomic E-state index is -0.929. The third-order valence-corrected chi connectivity index (χ3v) is 3.93. The van der Waals surface area contributed by atoms with Crippen LogP contribution in [0.2, 0.25) is 0 Å². The SMILES string of the molecule is O=C(COC(=O)c1ccccc1[N+](=O)[O-])Nc1ccc(-c2ccccc2)cc1. The van der Waals surface area contributed by atoms with Gasteiger partial charge in [0.2, 0.25) is 0 Å². The van der Waals surface area contributed by atoms with E-state index in [-0.39, 0.29) is 11.3 Å². The van der Waals surface area contributed by atoms with Gasteiger partial charge in [-0.15, -0.1) is 0 Å². The number of rotatable bonds is 6. The zero-order chi connectivity index (χ0) is 19.9. The van der Waals surface area contributed by atoms with Gasteiger partial charge in [-0.1, -0.05) is 54.6 Å². The van der Waals surface area contributed by atoms with Gasteiger partial charge in [-0.2, -0.15) is 0 Å². The van der Waals surface area contributed by atoms with Crippen LogP contribution in [0.4, 0.5) is 11.4 Å². The molecular formula is C21H16N2O5. The van der Waals surface area contributed by atoms with E-state index in [1.807, 2.05) is 42.5 Å². The van der Waals surface area contributed by atoms with Crippen LogP contribution >= 0.6 is 0 Å². The molecule has 7 heteroatoms. The highest BCUT2D eigenvalue weighted by Crippen LogP contribution is 2.21. The summed E-state index contributed by atoms with van der Waals surface area (Å²) in [5.41, 5.74) is 2.03. The quantitative estimate of drug-likeness (QED) is 0.397. The number of nitrogens with one attached hydrogen (secondary N) is 1. The van der Waals surface area contributed by atoms with Crippen LogP contribution in [0.15, 0.2) is 78.9 Å². The number of benzene rings is 3. The lowest BCUT2D eigenvalue weighted by Gasteiger charge is -2.08. The summed E-state index contributed by atoms with van der Waals surface area (Å²) >= 11 is 0. The molecule has 140 valence electrons. The monoisotopic (exact) mass is 376 g/mol. The van der Waals surface area contributed by atoms with Crippen LogP contribution < -0.4 is 5.32 Å². The van der Waals surface area contributed by atoms with E-state index in [9.17, 15) is 19.7 Å². The molecule has 0 fully saturated rings. The first-order chi connectivity index (χ1) is 13.5. The molecule has 3 aromatic carbocycles. The topological polar surface area (TPSA) is 98.5 Å². The third kappa shape index (κ3) is 4.59. The van der Waals surface area contributed by atoms with Gasteiger partial charge < -0.3 is 10.1 Å². The van der Waals surface area contributed by atoms with Crippen LogP contribution in [-0.4, -0.2) is 23.4 Å². The lowest BCUT2D eigenvalue weighted by atomic mass is 10.1. The molecule has 1 amide bonds. The summed E-state index contributed by atoms with van der Waals surface area (Å²) in [5.74, 6) is -1.47. The Hall–Kier alpha value is -4.00. The van der Waals surface area contributed by atoms with Gasteiger partial charge >= 0.3 is 5.97 Å². The van der Waals surface area contributed by atoms with Gasteiger partial charge in [-0.25, -0.2) is 4.79 Å². The van der Waals surface area contributed by atoms with Crippen LogP contribution in [0.5, 0.6) is 0 Å². The second-order valence-electron chi connectivity index (χ2n) is 5.84. The van der Waals surface area contributed by atoms with Crippen molar-refractivity contribution in [2.75, 3.05) is 11.9 Å². The maximum Gasteiger partial charge on any atom is 0.345 e. The van der Waals surface area contributed by atoms with E-state index in [2.05, 4.69) is 5.32 Å². The van der Waals surface area contributed by atoms with E-state index in [0.29, 0.717) is 5.69 Å². The Kier molecular flexibility index (Phi) is 5.76. The fraction of sp³-hybridized carbons (Fsp3) is 0.0476. The van der Waals surface area contributed by atoms with E-state index >= 15 is 0 Å². The van der Waals surface area contributed by atoms with Crippen molar-refractivity contribution in [1.82, 2.24) is 0 Å². The molecule has 3 rings (SSSR count). The Morgan fingerprint density at radius 2 is 1.46 bits per heavy atom. The van der Waals surface area contributed by atoms with Crippen LogP contribution in [0.3, 0.4) is 0 Å². The highest BCUT2D eigenvalue weighted by atomic mass is 16.6. The van der Waals surface area contributed by atoms with Crippen molar-refractivity contribution in [3.8, 4) is 11.1 Å². The average molecular weight is 376 g/mol. The first-order valence-corrected chi connectivity index (χ1v) is 8.40. The van der Waals surface area contributed by atoms with Crippen LogP contribution in [0.1, 0.15) is 10.4 Å². The van der Waals surface area contributed by atoms with E-state index in [4.69, 9.17) is 4.74 Å². The third-order valence-electron chi connectivity index (χ3n) is 3.93. The molecule has 0 aliphatic carbocycles. The number of nitro benzene ring substituents is 1. The first kappa shape index (κ1) is 18.8. The molecule has 0 spiro atoms. The molecule has 7 nitrogen and oxygen atoms in total. The number of carbonyl (C=O) groups is 2. The van der Waals surface area contributed by atoms with Crippen molar-refractivity contribution < 1.29 is 19.2 Å². The van der Waals surface area contributed by atoms with Gasteiger partial charge in [-0.05, 0) is 29.3 Å². The highest BCUT2D eigenvalue weighted by Gasteiger charge is 2.21. The number of hydrogen-bond acceptors (Lipinski definition) is 5. The largest absolute Gasteiger partial charge is 0.452 e. The zero-order valence-corrected chi connectivity index (χ0v) is 14.7. The number of carbonyl (C=O) groups excluding carboxylic acids is 2. The molecule has 0 bridgehead atoms. The zero-order valence-electron chi connectivity index (χ0n) is 14.7. The normalized spacial score (nSPS) is 10.1. The van der Waals surface area contributed by atoms with Crippen molar-refractivity contribution in [3.63, 3.8) is 0 Å². The number of amides is 1. The Labute approximate surface area is 160 Å². The van der Waals surface area contributed by atoms with Gasteiger partial charge in [0.1, 0.15) is 5.56 Å². The second-order valence-corrected chi connectivity index (χ2v) is 5.84. The average Bonchev–Trinajstić information content (AvgIpc) is 2.73. The molecule has 1 N–H and O–H groups in total. The minimum Gasteiger partial charge on any atom is -0.452 e. The Morgan fingerprint density at radius 3 is 2.14 bits per heavy atom. The first-order valence-electron chi connectivity index (χ1n) is 8.40. The molecule has 3 aromatic rings. The van der Waals surface area contributed by atoms with Gasteiger partial charge in [-0.3, -0.25) is 14.9 Å². The van der Waals surface area contributed by atoms with Gasteiger partial charge in [0.25, 0.3) is 11.6 Å². The summed E-state index contributed by atoms with van der Waals surface area (Å²) in [7, 11) is 0. The smallest absolute Gasteiger partial charge is 0.345 e. The summed E-state index contributed by atoms with van der Waals surface area (Å²) in [5, 5.41) is 13.6. The van der Waals surface area contributed by atoms with Crippen molar-refractivity contribution in [3.05, 3.63) is 94.5 Å². The number of ether oxygens (including phenoxy) is 1. The molecule has 0 aromatic heterocycles. The summed E-state index contributed by atoms with van der Waals surface area (Å²) in [6.07, 6.45) is 0. The molecule has 0 saturated heterocycles. The lowest BCUT2D eigenvalue weighted by Crippen LogP contribution is -2.21. The molecule has 0 unspecified atom stereocenters. The van der Waals surface area contributed by atoms with Gasteiger partial charge in [0.05, 0.1) is 4.92 Å². The number of nitrogens with zero attached hydrogens (tertiary/aromatic N) is 1. The van der Waals surface area contributed by atoms with Crippen molar-refractivity contribution in [2.24, 2.45) is 0 Å². The number of hydrogen-bond donors (Lipinski definition) is 1. The Bertz CT molecular complexity index is 1000. The Morgan fingerprint density at radius 1 is 0.857 bits per heavy atom. The Balaban J connectivity index is 1.57. The maximum atomic E-state index is 12.0. The van der Waals surface area contributed by atoms with E-state index in [0.717, 1.165) is 11.1 Å². The van der Waals surface area contributed by atoms with Crippen LogP contribution in [0.25, 0.3) is 11.1 Å². The fourth-order valence-corrected chi connectivity index (χ4v) is 2.59. The molecule has 0 heterocycles. The highest BCUT2D eigenvalue weighted by molar-refractivity contribution is 5.97. The van der Waals surface area contributed by atoms with E-state index in [1.54, 1.807) is 12.1 Å².